The Labute approximate surface area is 146 Å². The molecule has 1 aliphatic rings. The van der Waals surface area contributed by atoms with Crippen LogP contribution < -0.4 is 0 Å². The lowest BCUT2D eigenvalue weighted by Crippen LogP contribution is -2.30. The SMILES string of the molecule is O=C(Cc1cccnc1)N1CCC(n2cc(-c3ccccc3)nn2)C1. The van der Waals surface area contributed by atoms with Gasteiger partial charge in [0.2, 0.25) is 5.91 Å². The number of benzene rings is 1. The first-order valence-corrected chi connectivity index (χ1v) is 8.43. The molecule has 0 spiro atoms. The molecule has 1 saturated heterocycles. The van der Waals surface area contributed by atoms with Crippen molar-refractivity contribution in [3.63, 3.8) is 0 Å². The zero-order valence-electron chi connectivity index (χ0n) is 13.8. The largest absolute Gasteiger partial charge is 0.340 e. The van der Waals surface area contributed by atoms with Crippen LogP contribution in [0.2, 0.25) is 0 Å². The van der Waals surface area contributed by atoms with Gasteiger partial charge in [0.15, 0.2) is 0 Å². The quantitative estimate of drug-likeness (QED) is 0.735. The monoisotopic (exact) mass is 333 g/mol. The van der Waals surface area contributed by atoms with Crippen molar-refractivity contribution in [3.8, 4) is 11.3 Å². The van der Waals surface area contributed by atoms with Gasteiger partial charge >= 0.3 is 0 Å². The standard InChI is InChI=1S/C19H19N5O/c25-19(11-15-5-4-9-20-12-15)23-10-8-17(13-23)24-14-18(21-22-24)16-6-2-1-3-7-16/h1-7,9,12,14,17H,8,10-11,13H2. The van der Waals surface area contributed by atoms with Gasteiger partial charge in [0.25, 0.3) is 0 Å². The molecule has 0 N–H and O–H groups in total. The smallest absolute Gasteiger partial charge is 0.227 e. The van der Waals surface area contributed by atoms with E-state index >= 15 is 0 Å². The molecule has 1 atom stereocenters. The molecule has 6 heteroatoms. The number of carbonyl (C=O) groups excluding carboxylic acids is 1. The average molecular weight is 333 g/mol. The zero-order chi connectivity index (χ0) is 17.1. The summed E-state index contributed by atoms with van der Waals surface area (Å²) < 4.78 is 1.89. The van der Waals surface area contributed by atoms with E-state index in [1.807, 2.05) is 58.2 Å². The van der Waals surface area contributed by atoms with E-state index in [1.165, 1.54) is 0 Å². The van der Waals surface area contributed by atoms with Crippen molar-refractivity contribution >= 4 is 5.91 Å². The first-order valence-electron chi connectivity index (χ1n) is 8.43. The Morgan fingerprint density at radius 2 is 2.04 bits per heavy atom. The minimum absolute atomic E-state index is 0.138. The van der Waals surface area contributed by atoms with Crippen molar-refractivity contribution in [3.05, 3.63) is 66.6 Å². The molecule has 1 amide bonds. The predicted octanol–water partition coefficient (Wildman–Crippen LogP) is 2.36. The summed E-state index contributed by atoms with van der Waals surface area (Å²) >= 11 is 0. The van der Waals surface area contributed by atoms with E-state index in [2.05, 4.69) is 15.3 Å². The third kappa shape index (κ3) is 3.42. The van der Waals surface area contributed by atoms with E-state index in [4.69, 9.17) is 0 Å². The Morgan fingerprint density at radius 3 is 2.84 bits per heavy atom. The van der Waals surface area contributed by atoms with Gasteiger partial charge < -0.3 is 4.90 Å². The molecule has 0 radical (unpaired) electrons. The van der Waals surface area contributed by atoms with Crippen LogP contribution in [0.3, 0.4) is 0 Å². The van der Waals surface area contributed by atoms with E-state index < -0.39 is 0 Å². The van der Waals surface area contributed by atoms with Crippen LogP contribution in [0.1, 0.15) is 18.0 Å². The minimum atomic E-state index is 0.138. The molecule has 25 heavy (non-hydrogen) atoms. The molecule has 0 saturated carbocycles. The summed E-state index contributed by atoms with van der Waals surface area (Å²) in [4.78, 5) is 18.4. The third-order valence-corrected chi connectivity index (χ3v) is 4.55. The van der Waals surface area contributed by atoms with Crippen LogP contribution in [0.4, 0.5) is 0 Å². The number of rotatable bonds is 4. The Hall–Kier alpha value is -3.02. The second-order valence-electron chi connectivity index (χ2n) is 6.27. The third-order valence-electron chi connectivity index (χ3n) is 4.55. The van der Waals surface area contributed by atoms with E-state index in [0.29, 0.717) is 13.0 Å². The zero-order valence-corrected chi connectivity index (χ0v) is 13.8. The fourth-order valence-electron chi connectivity index (χ4n) is 3.17. The van der Waals surface area contributed by atoms with Crippen molar-refractivity contribution in [2.75, 3.05) is 13.1 Å². The van der Waals surface area contributed by atoms with Crippen LogP contribution in [-0.4, -0.2) is 43.9 Å². The first kappa shape index (κ1) is 15.5. The van der Waals surface area contributed by atoms with Crippen molar-refractivity contribution in [1.29, 1.82) is 0 Å². The van der Waals surface area contributed by atoms with Gasteiger partial charge in [0.1, 0.15) is 5.69 Å². The van der Waals surface area contributed by atoms with E-state index in [-0.39, 0.29) is 11.9 Å². The molecule has 1 aromatic carbocycles. The summed E-state index contributed by atoms with van der Waals surface area (Å²) in [6.45, 7) is 1.43. The molecule has 4 rings (SSSR count). The second-order valence-corrected chi connectivity index (χ2v) is 6.27. The van der Waals surface area contributed by atoms with Crippen molar-refractivity contribution in [1.82, 2.24) is 24.9 Å². The number of hydrogen-bond donors (Lipinski definition) is 0. The molecule has 3 heterocycles. The normalized spacial score (nSPS) is 17.0. The van der Waals surface area contributed by atoms with E-state index in [0.717, 1.165) is 29.8 Å². The number of amides is 1. The summed E-state index contributed by atoms with van der Waals surface area (Å²) in [5.41, 5.74) is 2.86. The van der Waals surface area contributed by atoms with Gasteiger partial charge in [-0.15, -0.1) is 5.10 Å². The molecular weight excluding hydrogens is 314 g/mol. The fourth-order valence-corrected chi connectivity index (χ4v) is 3.17. The number of hydrogen-bond acceptors (Lipinski definition) is 4. The first-order chi connectivity index (χ1) is 12.3. The second kappa shape index (κ2) is 6.84. The van der Waals surface area contributed by atoms with E-state index in [9.17, 15) is 4.79 Å². The van der Waals surface area contributed by atoms with Crippen LogP contribution in [0.15, 0.2) is 61.1 Å². The summed E-state index contributed by atoms with van der Waals surface area (Å²) in [6.07, 6.45) is 6.72. The molecule has 2 aromatic heterocycles. The lowest BCUT2D eigenvalue weighted by molar-refractivity contribution is -0.129. The van der Waals surface area contributed by atoms with Crippen molar-refractivity contribution in [2.45, 2.75) is 18.9 Å². The Bertz CT molecular complexity index is 847. The molecule has 0 aliphatic carbocycles. The lowest BCUT2D eigenvalue weighted by atomic mass is 10.2. The van der Waals surface area contributed by atoms with Crippen molar-refractivity contribution in [2.24, 2.45) is 0 Å². The maximum Gasteiger partial charge on any atom is 0.227 e. The highest BCUT2D eigenvalue weighted by molar-refractivity contribution is 5.79. The number of likely N-dealkylation sites (tertiary alicyclic amines) is 1. The summed E-state index contributed by atoms with van der Waals surface area (Å²) in [5.74, 6) is 0.138. The molecule has 1 aliphatic heterocycles. The van der Waals surface area contributed by atoms with Gasteiger partial charge in [-0.05, 0) is 18.1 Å². The molecule has 3 aromatic rings. The molecule has 6 nitrogen and oxygen atoms in total. The van der Waals surface area contributed by atoms with Gasteiger partial charge in [0, 0.05) is 31.0 Å². The molecule has 126 valence electrons. The molecule has 1 unspecified atom stereocenters. The lowest BCUT2D eigenvalue weighted by Gasteiger charge is -2.16. The minimum Gasteiger partial charge on any atom is -0.340 e. The molecule has 1 fully saturated rings. The highest BCUT2D eigenvalue weighted by Gasteiger charge is 2.28. The highest BCUT2D eigenvalue weighted by atomic mass is 16.2. The summed E-state index contributed by atoms with van der Waals surface area (Å²) in [6, 6.07) is 14.0. The van der Waals surface area contributed by atoms with Crippen LogP contribution in [-0.2, 0) is 11.2 Å². The van der Waals surface area contributed by atoms with Crippen LogP contribution in [0, 0.1) is 0 Å². The average Bonchev–Trinajstić information content (AvgIpc) is 3.33. The van der Waals surface area contributed by atoms with Gasteiger partial charge in [-0.25, -0.2) is 4.68 Å². The molecular formula is C19H19N5O. The molecule has 0 bridgehead atoms. The van der Waals surface area contributed by atoms with Crippen molar-refractivity contribution < 1.29 is 4.79 Å². The van der Waals surface area contributed by atoms with Gasteiger partial charge in [-0.1, -0.05) is 41.6 Å². The summed E-state index contributed by atoms with van der Waals surface area (Å²) in [7, 11) is 0. The number of carbonyl (C=O) groups is 1. The maximum absolute atomic E-state index is 12.5. The predicted molar refractivity (Wildman–Crippen MR) is 93.6 cm³/mol. The highest BCUT2D eigenvalue weighted by Crippen LogP contribution is 2.24. The van der Waals surface area contributed by atoms with Crippen LogP contribution in [0.5, 0.6) is 0 Å². The van der Waals surface area contributed by atoms with Crippen LogP contribution >= 0.6 is 0 Å². The van der Waals surface area contributed by atoms with Gasteiger partial charge in [-0.2, -0.15) is 0 Å². The number of nitrogens with zero attached hydrogens (tertiary/aromatic N) is 5. The van der Waals surface area contributed by atoms with Crippen LogP contribution in [0.25, 0.3) is 11.3 Å². The number of aromatic nitrogens is 4. The summed E-state index contributed by atoms with van der Waals surface area (Å²) in [5, 5.41) is 8.54. The Balaban J connectivity index is 1.41. The van der Waals surface area contributed by atoms with E-state index in [1.54, 1.807) is 12.4 Å². The fraction of sp³-hybridized carbons (Fsp3) is 0.263. The van der Waals surface area contributed by atoms with Gasteiger partial charge in [0.05, 0.1) is 18.7 Å². The topological polar surface area (TPSA) is 63.9 Å². The number of pyridine rings is 1. The Morgan fingerprint density at radius 1 is 1.16 bits per heavy atom. The van der Waals surface area contributed by atoms with Gasteiger partial charge in [-0.3, -0.25) is 9.78 Å². The maximum atomic E-state index is 12.5. The Kier molecular flexibility index (Phi) is 4.24.